The number of hydrogen-bond acceptors (Lipinski definition) is 8. The van der Waals surface area contributed by atoms with Gasteiger partial charge in [-0.1, -0.05) is 29.6 Å². The second-order valence-electron chi connectivity index (χ2n) is 7.81. The predicted molar refractivity (Wildman–Crippen MR) is 134 cm³/mol. The van der Waals surface area contributed by atoms with Crippen LogP contribution in [0.1, 0.15) is 38.7 Å². The van der Waals surface area contributed by atoms with Crippen LogP contribution < -0.4 is 4.74 Å². The van der Waals surface area contributed by atoms with Crippen molar-refractivity contribution < 1.29 is 32.0 Å². The molecule has 0 amide bonds. The average molecular weight is 567 g/mol. The van der Waals surface area contributed by atoms with Crippen LogP contribution in [0, 0.1) is 0 Å². The Labute approximate surface area is 216 Å². The Balaban J connectivity index is 1.75. The van der Waals surface area contributed by atoms with Crippen molar-refractivity contribution in [3.05, 3.63) is 52.0 Å². The smallest absolute Gasteiger partial charge is 0.335 e. The summed E-state index contributed by atoms with van der Waals surface area (Å²) in [4.78, 5) is -0.0898. The van der Waals surface area contributed by atoms with Crippen LogP contribution in [-0.4, -0.2) is 49.5 Å². The van der Waals surface area contributed by atoms with Gasteiger partial charge in [0.1, 0.15) is 5.75 Å². The molecule has 1 aliphatic heterocycles. The van der Waals surface area contributed by atoms with Gasteiger partial charge >= 0.3 is 7.60 Å². The van der Waals surface area contributed by atoms with Gasteiger partial charge in [-0.2, -0.15) is 0 Å². The molecule has 0 spiro atoms. The number of ether oxygens (including phenoxy) is 1. The molecule has 13 heteroatoms. The lowest BCUT2D eigenvalue weighted by Gasteiger charge is -2.31. The molecule has 0 atom stereocenters. The van der Waals surface area contributed by atoms with E-state index in [9.17, 15) is 18.2 Å². The van der Waals surface area contributed by atoms with E-state index in [1.165, 1.54) is 29.3 Å². The number of piperidine rings is 1. The van der Waals surface area contributed by atoms with Crippen LogP contribution in [0.3, 0.4) is 0 Å². The summed E-state index contributed by atoms with van der Waals surface area (Å²) < 4.78 is 55.1. The van der Waals surface area contributed by atoms with E-state index in [0.717, 1.165) is 19.3 Å². The minimum absolute atomic E-state index is 0.00433. The van der Waals surface area contributed by atoms with Crippen molar-refractivity contribution in [2.24, 2.45) is 0 Å². The first-order chi connectivity index (χ1) is 16.6. The third-order valence-electron chi connectivity index (χ3n) is 5.22. The van der Waals surface area contributed by atoms with Crippen LogP contribution in [0.25, 0.3) is 0 Å². The Morgan fingerprint density at radius 2 is 1.54 bits per heavy atom. The number of sulfonamides is 1. The Morgan fingerprint density at radius 1 is 1.00 bits per heavy atom. The van der Waals surface area contributed by atoms with Gasteiger partial charge in [-0.05, 0) is 73.2 Å². The topological polar surface area (TPSA) is 106 Å². The first-order valence-electron chi connectivity index (χ1n) is 11.2. The maximum Gasteiger partial charge on any atom is 0.335 e. The molecular weight excluding hydrogens is 538 g/mol. The maximum absolute atomic E-state index is 12.8. The Bertz CT molecular complexity index is 1130. The van der Waals surface area contributed by atoms with E-state index < -0.39 is 17.6 Å². The van der Waals surface area contributed by atoms with E-state index in [-0.39, 0.29) is 45.8 Å². The van der Waals surface area contributed by atoms with Crippen LogP contribution in [-0.2, 0) is 29.8 Å². The molecular formula is C22H29Cl2N2O7PS. The molecule has 9 nitrogen and oxygen atoms in total. The van der Waals surface area contributed by atoms with Gasteiger partial charge in [-0.15, -0.1) is 0 Å². The van der Waals surface area contributed by atoms with Gasteiger partial charge in [-0.25, -0.2) is 13.4 Å². The van der Waals surface area contributed by atoms with Crippen LogP contribution in [0.2, 0.25) is 10.0 Å². The van der Waals surface area contributed by atoms with E-state index in [1.54, 1.807) is 26.0 Å². The summed E-state index contributed by atoms with van der Waals surface area (Å²) in [5.74, 6) is 0.449. The molecule has 1 fully saturated rings. The summed E-state index contributed by atoms with van der Waals surface area (Å²) >= 11 is 12.8. The van der Waals surface area contributed by atoms with Crippen LogP contribution in [0.15, 0.2) is 41.3 Å². The summed E-state index contributed by atoms with van der Waals surface area (Å²) in [6, 6.07) is 8.66. The first kappa shape index (κ1) is 28.4. The van der Waals surface area contributed by atoms with E-state index in [0.29, 0.717) is 23.2 Å². The quantitative estimate of drug-likeness (QED) is 0.248. The second-order valence-corrected chi connectivity index (χ2v) is 12.4. The largest absolute Gasteiger partial charge is 0.454 e. The van der Waals surface area contributed by atoms with Crippen LogP contribution >= 0.6 is 30.8 Å². The Morgan fingerprint density at radius 3 is 2.06 bits per heavy atom. The number of hydrogen-bond donors (Lipinski definition) is 1. The number of rotatable bonds is 11. The molecule has 1 N–H and O–H groups in total. The molecule has 0 saturated carbocycles. The fourth-order valence-electron chi connectivity index (χ4n) is 3.64. The Kier molecular flexibility index (Phi) is 10.0. The van der Waals surface area contributed by atoms with E-state index in [1.807, 2.05) is 0 Å². The highest BCUT2D eigenvalue weighted by Crippen LogP contribution is 2.52. The zero-order valence-electron chi connectivity index (χ0n) is 19.5. The van der Waals surface area contributed by atoms with Gasteiger partial charge in [0.15, 0.2) is 5.75 Å². The molecule has 35 heavy (non-hydrogen) atoms. The van der Waals surface area contributed by atoms with Crippen LogP contribution in [0.4, 0.5) is 0 Å². The lowest BCUT2D eigenvalue weighted by molar-refractivity contribution is -0.173. The molecule has 2 aromatic rings. The fourth-order valence-corrected chi connectivity index (χ4v) is 7.06. The molecule has 1 saturated heterocycles. The fraction of sp³-hybridized carbons (Fsp3) is 0.455. The van der Waals surface area contributed by atoms with Crippen molar-refractivity contribution in [2.75, 3.05) is 26.3 Å². The predicted octanol–water partition coefficient (Wildman–Crippen LogP) is 6.33. The molecule has 3 rings (SSSR count). The molecule has 2 aromatic carbocycles. The number of hydrazine groups is 1. The summed E-state index contributed by atoms with van der Waals surface area (Å²) in [6.45, 7) is 4.86. The minimum atomic E-state index is -4.12. The molecule has 0 radical (unpaired) electrons. The van der Waals surface area contributed by atoms with Crippen LogP contribution in [0.5, 0.6) is 11.5 Å². The van der Waals surface area contributed by atoms with Crippen molar-refractivity contribution in [2.45, 2.75) is 44.2 Å². The van der Waals surface area contributed by atoms with E-state index in [2.05, 4.69) is 0 Å². The van der Waals surface area contributed by atoms with Gasteiger partial charge in [0, 0.05) is 13.1 Å². The standard InChI is InChI=1S/C22H29Cl2N2O7PS/c1-3-31-34(28,32-4-2)16-17-14-20(23)22(21(24)15-17)33-18-8-10-19(11-9-18)35(29,30)26(27)25-12-6-5-7-13-25/h8-11,14-15,27H,3-7,12-13,16H2,1-2H3. The summed E-state index contributed by atoms with van der Waals surface area (Å²) in [7, 11) is -7.47. The molecule has 0 bridgehead atoms. The van der Waals surface area contributed by atoms with Crippen molar-refractivity contribution in [3.63, 3.8) is 0 Å². The second kappa shape index (κ2) is 12.4. The highest BCUT2D eigenvalue weighted by atomic mass is 35.5. The normalized spacial score (nSPS) is 15.5. The first-order valence-corrected chi connectivity index (χ1v) is 15.1. The number of nitrogens with zero attached hydrogens (tertiary/aromatic N) is 2. The molecule has 0 aromatic heterocycles. The van der Waals surface area contributed by atoms with Gasteiger partial charge in [-0.3, -0.25) is 9.77 Å². The third-order valence-corrected chi connectivity index (χ3v) is 9.36. The van der Waals surface area contributed by atoms with Crippen molar-refractivity contribution in [1.29, 1.82) is 0 Å². The van der Waals surface area contributed by atoms with Gasteiger partial charge in [0.2, 0.25) is 0 Å². The summed E-state index contributed by atoms with van der Waals surface area (Å²) in [5, 5.41) is 12.0. The molecule has 1 heterocycles. The average Bonchev–Trinajstić information content (AvgIpc) is 2.82. The third kappa shape index (κ3) is 7.19. The van der Waals surface area contributed by atoms with Gasteiger partial charge in [0.05, 0.1) is 34.3 Å². The van der Waals surface area contributed by atoms with Gasteiger partial charge in [0.25, 0.3) is 10.0 Å². The van der Waals surface area contributed by atoms with Crippen molar-refractivity contribution in [3.8, 4) is 11.5 Å². The highest BCUT2D eigenvalue weighted by Gasteiger charge is 2.30. The summed E-state index contributed by atoms with van der Waals surface area (Å²) in [5.41, 5.74) is 0.555. The van der Waals surface area contributed by atoms with Crippen molar-refractivity contribution >= 4 is 40.8 Å². The highest BCUT2D eigenvalue weighted by molar-refractivity contribution is 7.88. The molecule has 194 valence electrons. The monoisotopic (exact) mass is 566 g/mol. The minimum Gasteiger partial charge on any atom is -0.454 e. The Hall–Kier alpha value is -1.20. The van der Waals surface area contributed by atoms with Crippen molar-refractivity contribution in [1.82, 2.24) is 9.59 Å². The van der Waals surface area contributed by atoms with Gasteiger partial charge < -0.3 is 13.8 Å². The molecule has 0 unspecified atom stereocenters. The zero-order chi connectivity index (χ0) is 25.6. The molecule has 0 aliphatic carbocycles. The van der Waals surface area contributed by atoms with E-state index >= 15 is 0 Å². The lowest BCUT2D eigenvalue weighted by atomic mass is 10.2. The number of benzene rings is 2. The van der Waals surface area contributed by atoms with E-state index in [4.69, 9.17) is 37.0 Å². The lowest BCUT2D eigenvalue weighted by Crippen LogP contribution is -2.46. The maximum atomic E-state index is 12.8. The summed E-state index contributed by atoms with van der Waals surface area (Å²) in [6.07, 6.45) is 2.62. The SMILES string of the molecule is CCOP(=O)(Cc1cc(Cl)c(Oc2ccc(S(=O)(=O)N(O)N3CCCCC3)cc2)c(Cl)c1)OCC. The molecule has 1 aliphatic rings. The zero-order valence-corrected chi connectivity index (χ0v) is 22.7. The number of halogens is 2.